The van der Waals surface area contributed by atoms with Crippen LogP contribution in [-0.4, -0.2) is 68.6 Å². The molecule has 0 saturated heterocycles. The number of aliphatic carboxylic acids is 2. The van der Waals surface area contributed by atoms with Gasteiger partial charge in [0.2, 0.25) is 5.91 Å². The minimum atomic E-state index is -1.41. The van der Waals surface area contributed by atoms with Crippen LogP contribution in [0.15, 0.2) is 35.3 Å². The van der Waals surface area contributed by atoms with Crippen LogP contribution in [0.25, 0.3) is 0 Å². The van der Waals surface area contributed by atoms with Gasteiger partial charge >= 0.3 is 11.9 Å². The van der Waals surface area contributed by atoms with Gasteiger partial charge in [0, 0.05) is 24.5 Å². The molecule has 0 aromatic carbocycles. The molecule has 0 aromatic heterocycles. The second kappa shape index (κ2) is 17.1. The van der Waals surface area contributed by atoms with Crippen LogP contribution in [0, 0.1) is 23.7 Å². The summed E-state index contributed by atoms with van der Waals surface area (Å²) in [5, 5.41) is 43.9. The fraction of sp³-hybridized carbons (Fsp3) is 0.700. The zero-order chi connectivity index (χ0) is 29.8. The number of carboxylic acid groups (broad SMARTS) is 2. The van der Waals surface area contributed by atoms with Gasteiger partial charge in [-0.15, -0.1) is 11.8 Å². The van der Waals surface area contributed by atoms with Gasteiger partial charge in [-0.3, -0.25) is 19.7 Å². The molecule has 10 nitrogen and oxygen atoms in total. The number of nitrogens with one attached hydrogen (secondary N) is 2. The minimum Gasteiger partial charge on any atom is -0.481 e. The van der Waals surface area contributed by atoms with Crippen molar-refractivity contribution in [3.8, 4) is 0 Å². The number of thioether (sulfide) groups is 1. The van der Waals surface area contributed by atoms with Gasteiger partial charge in [-0.05, 0) is 86.9 Å². The highest BCUT2D eigenvalue weighted by atomic mass is 32.2. The largest absolute Gasteiger partial charge is 0.481 e. The third-order valence-electron chi connectivity index (χ3n) is 8.31. The van der Waals surface area contributed by atoms with E-state index < -0.39 is 42.4 Å². The van der Waals surface area contributed by atoms with Crippen LogP contribution in [0.3, 0.4) is 0 Å². The molecule has 3 aliphatic rings. The Kier molecular flexibility index (Phi) is 13.9. The van der Waals surface area contributed by atoms with Gasteiger partial charge in [-0.2, -0.15) is 0 Å². The van der Waals surface area contributed by atoms with Crippen LogP contribution in [0.1, 0.15) is 77.0 Å². The Bertz CT molecular complexity index is 970. The first-order chi connectivity index (χ1) is 19.6. The highest BCUT2D eigenvalue weighted by molar-refractivity contribution is 8.03. The summed E-state index contributed by atoms with van der Waals surface area (Å²) in [6.07, 6.45) is 16.2. The fourth-order valence-electron chi connectivity index (χ4n) is 5.86. The fourth-order valence-corrected chi connectivity index (χ4v) is 7.27. The molecule has 8 unspecified atom stereocenters. The lowest BCUT2D eigenvalue weighted by molar-refractivity contribution is -0.138. The van der Waals surface area contributed by atoms with E-state index in [4.69, 9.17) is 15.9 Å². The summed E-state index contributed by atoms with van der Waals surface area (Å²) in [7, 11) is 0. The second-order valence-corrected chi connectivity index (χ2v) is 12.6. The molecular weight excluding hydrogens is 546 g/mol. The Hall–Kier alpha value is -2.18. The van der Waals surface area contributed by atoms with E-state index in [0.29, 0.717) is 30.1 Å². The summed E-state index contributed by atoms with van der Waals surface area (Å²) in [6.45, 7) is 0. The van der Waals surface area contributed by atoms with E-state index in [0.717, 1.165) is 19.3 Å². The average Bonchev–Trinajstić information content (AvgIpc) is 3.44. The lowest BCUT2D eigenvalue weighted by Gasteiger charge is -2.27. The van der Waals surface area contributed by atoms with Crippen molar-refractivity contribution in [1.29, 1.82) is 0 Å². The third kappa shape index (κ3) is 11.5. The monoisotopic (exact) mass is 593 g/mol. The van der Waals surface area contributed by atoms with Crippen LogP contribution in [-0.2, 0) is 14.4 Å². The maximum Gasteiger partial charge on any atom is 0.303 e. The van der Waals surface area contributed by atoms with Crippen LogP contribution < -0.4 is 16.4 Å². The molecule has 41 heavy (non-hydrogen) atoms. The number of carboxylic acids is 2. The van der Waals surface area contributed by atoms with Gasteiger partial charge in [0.15, 0.2) is 0 Å². The van der Waals surface area contributed by atoms with Crippen molar-refractivity contribution in [3.63, 3.8) is 0 Å². The predicted octanol–water partition coefficient (Wildman–Crippen LogP) is 3.11. The molecule has 0 saturated carbocycles. The maximum atomic E-state index is 12.9. The zero-order valence-electron chi connectivity index (χ0n) is 23.7. The Morgan fingerprint density at radius 1 is 0.976 bits per heavy atom. The number of carbonyl (C=O) groups is 3. The van der Waals surface area contributed by atoms with Gasteiger partial charge in [-0.25, -0.2) is 0 Å². The predicted molar refractivity (Wildman–Crippen MR) is 159 cm³/mol. The van der Waals surface area contributed by atoms with Gasteiger partial charge in [0.05, 0.1) is 12.1 Å². The average molecular weight is 594 g/mol. The topological polar surface area (TPSA) is 182 Å². The number of aliphatic hydroxyl groups is 2. The highest BCUT2D eigenvalue weighted by Gasteiger charge is 2.30. The summed E-state index contributed by atoms with van der Waals surface area (Å²) in [6, 6.07) is -1.90. The number of carbonyl (C=O) groups excluding carboxylic acids is 1. The Labute approximate surface area is 246 Å². The van der Waals surface area contributed by atoms with E-state index in [9.17, 15) is 24.6 Å². The second-order valence-electron chi connectivity index (χ2n) is 11.5. The van der Waals surface area contributed by atoms with E-state index in [1.807, 2.05) is 11.8 Å². The summed E-state index contributed by atoms with van der Waals surface area (Å²) in [5.74, 6) is 0.594. The van der Waals surface area contributed by atoms with Crippen molar-refractivity contribution in [2.75, 3.05) is 5.75 Å². The first-order valence-electron chi connectivity index (χ1n) is 14.9. The molecule has 0 aromatic rings. The molecule has 230 valence electrons. The molecule has 8 atom stereocenters. The summed E-state index contributed by atoms with van der Waals surface area (Å²) in [5.41, 5.74) is 5.56. The third-order valence-corrected chi connectivity index (χ3v) is 9.63. The van der Waals surface area contributed by atoms with Gasteiger partial charge in [0.25, 0.3) is 0 Å². The molecule has 11 heteroatoms. The van der Waals surface area contributed by atoms with Crippen molar-refractivity contribution in [2.24, 2.45) is 29.4 Å². The number of hydrogen-bond acceptors (Lipinski definition) is 8. The van der Waals surface area contributed by atoms with E-state index in [1.165, 1.54) is 29.9 Å². The quantitative estimate of drug-likeness (QED) is 0.0977. The molecule has 0 fully saturated rings. The standard InChI is InChI=1S/C30H47N3O7S/c31-29(39)23(7-4-8-27(35)36)33-30(40)24(14-16-28(37)38)32-26(34)15-11-19-9-12-21(13-10-19)25-17-22(18-41-25)20-5-2-1-3-6-20/h2,5,9,12,17,19-24,26,29,32,34,39H,1,3-4,6-8,10-11,13-16,18,31H2,(H,33,40)(H,35,36)(H,37,38). The van der Waals surface area contributed by atoms with E-state index in [2.05, 4.69) is 41.0 Å². The van der Waals surface area contributed by atoms with Crippen molar-refractivity contribution >= 4 is 29.6 Å². The minimum absolute atomic E-state index is 0.0594. The molecular formula is C30H47N3O7S. The zero-order valence-corrected chi connectivity index (χ0v) is 24.5. The van der Waals surface area contributed by atoms with E-state index in [1.54, 1.807) is 0 Å². The number of nitrogens with two attached hydrogens (primary N) is 1. The number of rotatable bonds is 17. The first kappa shape index (κ1) is 33.3. The van der Waals surface area contributed by atoms with Crippen molar-refractivity contribution in [2.45, 2.75) is 102 Å². The van der Waals surface area contributed by atoms with Gasteiger partial charge in [0.1, 0.15) is 12.5 Å². The Balaban J connectivity index is 1.47. The summed E-state index contributed by atoms with van der Waals surface area (Å²) < 4.78 is 0. The lowest BCUT2D eigenvalue weighted by Crippen LogP contribution is -2.55. The lowest BCUT2D eigenvalue weighted by atomic mass is 9.82. The molecule has 0 spiro atoms. The van der Waals surface area contributed by atoms with Crippen molar-refractivity contribution in [3.05, 3.63) is 35.3 Å². The highest BCUT2D eigenvalue weighted by Crippen LogP contribution is 2.43. The molecule has 1 amide bonds. The Morgan fingerprint density at radius 3 is 2.39 bits per heavy atom. The van der Waals surface area contributed by atoms with Crippen LogP contribution >= 0.6 is 11.8 Å². The number of amides is 1. The summed E-state index contributed by atoms with van der Waals surface area (Å²) >= 11 is 1.99. The van der Waals surface area contributed by atoms with Crippen LogP contribution in [0.5, 0.6) is 0 Å². The number of hydrogen-bond donors (Lipinski definition) is 7. The van der Waals surface area contributed by atoms with Gasteiger partial charge < -0.3 is 31.5 Å². The molecule has 8 N–H and O–H groups in total. The van der Waals surface area contributed by atoms with Crippen LogP contribution in [0.4, 0.5) is 0 Å². The molecule has 3 rings (SSSR count). The SMILES string of the molecule is NC(O)C(CCCC(=O)O)NC(=O)C(CCC(=O)O)NC(O)CCC1C=CC(C2=CC(C3C=CCCC3)CS2)CC1. The first-order valence-corrected chi connectivity index (χ1v) is 15.9. The summed E-state index contributed by atoms with van der Waals surface area (Å²) in [4.78, 5) is 36.3. The van der Waals surface area contributed by atoms with E-state index in [-0.39, 0.29) is 32.1 Å². The number of allylic oxidation sites excluding steroid dienone is 6. The smallest absolute Gasteiger partial charge is 0.303 e. The van der Waals surface area contributed by atoms with E-state index >= 15 is 0 Å². The Morgan fingerprint density at radius 2 is 1.76 bits per heavy atom. The van der Waals surface area contributed by atoms with Crippen LogP contribution in [0.2, 0.25) is 0 Å². The maximum absolute atomic E-state index is 12.9. The van der Waals surface area contributed by atoms with Crippen molar-refractivity contribution in [1.82, 2.24) is 10.6 Å². The van der Waals surface area contributed by atoms with Gasteiger partial charge in [-0.1, -0.05) is 30.4 Å². The van der Waals surface area contributed by atoms with Crippen molar-refractivity contribution < 1.29 is 34.8 Å². The number of aliphatic hydroxyl groups excluding tert-OH is 2. The molecule has 0 radical (unpaired) electrons. The molecule has 2 aliphatic carbocycles. The molecule has 1 heterocycles. The molecule has 0 bridgehead atoms. The molecule has 1 aliphatic heterocycles. The normalized spacial score (nSPS) is 27.0.